The van der Waals surface area contributed by atoms with Crippen LogP contribution in [0.4, 0.5) is 0 Å². The van der Waals surface area contributed by atoms with Crippen molar-refractivity contribution in [3.8, 4) is 0 Å². The summed E-state index contributed by atoms with van der Waals surface area (Å²) in [5.74, 6) is 0. The number of hydrogen-bond donors (Lipinski definition) is 1. The van der Waals surface area contributed by atoms with E-state index in [0.717, 1.165) is 16.5 Å². The first-order valence-corrected chi connectivity index (χ1v) is 5.52. The van der Waals surface area contributed by atoms with Crippen LogP contribution in [0.1, 0.15) is 29.5 Å². The first kappa shape index (κ1) is 9.22. The summed E-state index contributed by atoms with van der Waals surface area (Å²) >= 11 is 3.57. The maximum absolute atomic E-state index is 9.09. The second-order valence-electron chi connectivity index (χ2n) is 3.54. The van der Waals surface area contributed by atoms with E-state index in [9.17, 15) is 0 Å². The molecular formula is C11H13BrO. The smallest absolute Gasteiger partial charge is 0.0692 e. The van der Waals surface area contributed by atoms with E-state index in [1.54, 1.807) is 0 Å². The molecule has 0 spiro atoms. The van der Waals surface area contributed by atoms with Crippen molar-refractivity contribution in [2.45, 2.75) is 32.3 Å². The zero-order chi connectivity index (χ0) is 9.26. The second kappa shape index (κ2) is 3.81. The highest BCUT2D eigenvalue weighted by molar-refractivity contribution is 9.10. The molecule has 0 fully saturated rings. The minimum absolute atomic E-state index is 0.133. The van der Waals surface area contributed by atoms with Crippen LogP contribution in [-0.2, 0) is 19.4 Å². The van der Waals surface area contributed by atoms with Crippen molar-refractivity contribution in [3.05, 3.63) is 33.3 Å². The van der Waals surface area contributed by atoms with E-state index >= 15 is 0 Å². The van der Waals surface area contributed by atoms with Gasteiger partial charge in [0.15, 0.2) is 0 Å². The van der Waals surface area contributed by atoms with Crippen molar-refractivity contribution in [1.29, 1.82) is 0 Å². The minimum Gasteiger partial charge on any atom is -0.392 e. The number of aliphatic hydroxyl groups is 1. The third kappa shape index (κ3) is 1.65. The molecule has 1 aromatic rings. The number of halogens is 1. The predicted octanol–water partition coefficient (Wildman–Crippen LogP) is 2.82. The lowest BCUT2D eigenvalue weighted by atomic mass is 9.90. The van der Waals surface area contributed by atoms with Crippen LogP contribution in [0.2, 0.25) is 0 Å². The fraction of sp³-hybridized carbons (Fsp3) is 0.455. The van der Waals surface area contributed by atoms with Gasteiger partial charge in [-0.3, -0.25) is 0 Å². The molecule has 0 aromatic heterocycles. The van der Waals surface area contributed by atoms with Gasteiger partial charge in [-0.05, 0) is 42.4 Å². The first-order valence-electron chi connectivity index (χ1n) is 4.73. The number of aryl methyl sites for hydroxylation is 1. The molecule has 2 heteroatoms. The Morgan fingerprint density at radius 3 is 2.77 bits per heavy atom. The predicted molar refractivity (Wildman–Crippen MR) is 56.7 cm³/mol. The maximum atomic E-state index is 9.09. The first-order chi connectivity index (χ1) is 6.33. The van der Waals surface area contributed by atoms with E-state index in [-0.39, 0.29) is 6.61 Å². The van der Waals surface area contributed by atoms with Crippen molar-refractivity contribution in [2.75, 3.05) is 0 Å². The topological polar surface area (TPSA) is 20.2 Å². The van der Waals surface area contributed by atoms with Gasteiger partial charge in [0.2, 0.25) is 0 Å². The molecule has 1 aliphatic rings. The minimum atomic E-state index is 0.133. The quantitative estimate of drug-likeness (QED) is 0.801. The Bertz CT molecular complexity index is 320. The van der Waals surface area contributed by atoms with Gasteiger partial charge in [0.1, 0.15) is 0 Å². The summed E-state index contributed by atoms with van der Waals surface area (Å²) in [6.45, 7) is 0.133. The van der Waals surface area contributed by atoms with E-state index in [1.807, 2.05) is 6.07 Å². The molecule has 0 bridgehead atoms. The van der Waals surface area contributed by atoms with Gasteiger partial charge in [0.25, 0.3) is 0 Å². The molecule has 70 valence electrons. The highest BCUT2D eigenvalue weighted by Gasteiger charge is 2.13. The third-order valence-electron chi connectivity index (χ3n) is 2.71. The van der Waals surface area contributed by atoms with Crippen LogP contribution < -0.4 is 0 Å². The van der Waals surface area contributed by atoms with E-state index in [0.29, 0.717) is 0 Å². The second-order valence-corrected chi connectivity index (χ2v) is 4.33. The molecule has 0 radical (unpaired) electrons. The zero-order valence-electron chi connectivity index (χ0n) is 7.52. The van der Waals surface area contributed by atoms with Gasteiger partial charge in [0, 0.05) is 4.47 Å². The van der Waals surface area contributed by atoms with Crippen molar-refractivity contribution in [2.24, 2.45) is 0 Å². The summed E-state index contributed by atoms with van der Waals surface area (Å²) in [5.41, 5.74) is 3.88. The highest BCUT2D eigenvalue weighted by Crippen LogP contribution is 2.30. The Morgan fingerprint density at radius 2 is 2.00 bits per heavy atom. The van der Waals surface area contributed by atoms with Crippen LogP contribution >= 0.6 is 15.9 Å². The van der Waals surface area contributed by atoms with Gasteiger partial charge >= 0.3 is 0 Å². The van der Waals surface area contributed by atoms with Crippen molar-refractivity contribution in [1.82, 2.24) is 0 Å². The molecular weight excluding hydrogens is 228 g/mol. The summed E-state index contributed by atoms with van der Waals surface area (Å²) in [4.78, 5) is 0. The molecule has 0 saturated heterocycles. The van der Waals surface area contributed by atoms with Gasteiger partial charge in [-0.25, -0.2) is 0 Å². The molecule has 2 rings (SSSR count). The number of hydrogen-bond acceptors (Lipinski definition) is 1. The fourth-order valence-corrected chi connectivity index (χ4v) is 2.66. The molecule has 0 unspecified atom stereocenters. The number of aliphatic hydroxyl groups excluding tert-OH is 1. The van der Waals surface area contributed by atoms with Crippen LogP contribution in [0, 0.1) is 0 Å². The normalized spacial score (nSPS) is 15.5. The summed E-state index contributed by atoms with van der Waals surface area (Å²) in [6, 6.07) is 4.18. The van der Waals surface area contributed by atoms with Crippen LogP contribution in [0.25, 0.3) is 0 Å². The molecule has 1 nitrogen and oxygen atoms in total. The lowest BCUT2D eigenvalue weighted by Crippen LogP contribution is -2.05. The highest BCUT2D eigenvalue weighted by atomic mass is 79.9. The van der Waals surface area contributed by atoms with Crippen molar-refractivity contribution in [3.63, 3.8) is 0 Å². The van der Waals surface area contributed by atoms with Crippen LogP contribution in [-0.4, -0.2) is 5.11 Å². The summed E-state index contributed by atoms with van der Waals surface area (Å²) in [6.07, 6.45) is 4.93. The van der Waals surface area contributed by atoms with E-state index in [2.05, 4.69) is 22.0 Å². The summed E-state index contributed by atoms with van der Waals surface area (Å²) < 4.78 is 1.13. The van der Waals surface area contributed by atoms with Crippen LogP contribution in [0.5, 0.6) is 0 Å². The van der Waals surface area contributed by atoms with Gasteiger partial charge < -0.3 is 5.11 Å². The van der Waals surface area contributed by atoms with Gasteiger partial charge in [-0.15, -0.1) is 0 Å². The molecule has 0 aliphatic heterocycles. The monoisotopic (exact) mass is 240 g/mol. The number of rotatable bonds is 1. The lowest BCUT2D eigenvalue weighted by molar-refractivity contribution is 0.281. The SMILES string of the molecule is OCc1ccc2c(c1Br)CCCC2. The van der Waals surface area contributed by atoms with Crippen molar-refractivity contribution < 1.29 is 5.11 Å². The molecule has 0 heterocycles. The van der Waals surface area contributed by atoms with E-state index in [1.165, 1.54) is 30.4 Å². The third-order valence-corrected chi connectivity index (χ3v) is 3.70. The lowest BCUT2D eigenvalue weighted by Gasteiger charge is -2.18. The Labute approximate surface area is 86.9 Å². The fourth-order valence-electron chi connectivity index (χ4n) is 1.95. The average molecular weight is 241 g/mol. The Kier molecular flexibility index (Phi) is 2.70. The number of benzene rings is 1. The van der Waals surface area contributed by atoms with Crippen LogP contribution in [0.3, 0.4) is 0 Å². The zero-order valence-corrected chi connectivity index (χ0v) is 9.10. The van der Waals surface area contributed by atoms with Crippen molar-refractivity contribution >= 4 is 15.9 Å². The van der Waals surface area contributed by atoms with Crippen LogP contribution in [0.15, 0.2) is 16.6 Å². The largest absolute Gasteiger partial charge is 0.392 e. The molecule has 1 N–H and O–H groups in total. The van der Waals surface area contributed by atoms with Gasteiger partial charge in [0.05, 0.1) is 6.61 Å². The number of fused-ring (bicyclic) bond motifs is 1. The standard InChI is InChI=1S/C11H13BrO/c12-11-9(7-13)6-5-8-3-1-2-4-10(8)11/h5-6,13H,1-4,7H2. The molecule has 1 aliphatic carbocycles. The molecule has 0 amide bonds. The Hall–Kier alpha value is -0.340. The molecule has 0 saturated carbocycles. The maximum Gasteiger partial charge on any atom is 0.0692 e. The molecule has 13 heavy (non-hydrogen) atoms. The van der Waals surface area contributed by atoms with Gasteiger partial charge in [-0.1, -0.05) is 28.1 Å². The molecule has 0 atom stereocenters. The summed E-state index contributed by atoms with van der Waals surface area (Å²) in [7, 11) is 0. The van der Waals surface area contributed by atoms with Gasteiger partial charge in [-0.2, -0.15) is 0 Å². The Balaban J connectivity index is 2.48. The van der Waals surface area contributed by atoms with E-state index in [4.69, 9.17) is 5.11 Å². The molecule has 1 aromatic carbocycles. The summed E-state index contributed by atoms with van der Waals surface area (Å²) in [5, 5.41) is 9.09. The average Bonchev–Trinajstić information content (AvgIpc) is 2.19. The van der Waals surface area contributed by atoms with E-state index < -0.39 is 0 Å². The Morgan fingerprint density at radius 1 is 1.23 bits per heavy atom.